The summed E-state index contributed by atoms with van der Waals surface area (Å²) in [7, 11) is -1.85. The Morgan fingerprint density at radius 1 is 1.27 bits per heavy atom. The van der Waals surface area contributed by atoms with Gasteiger partial charge in [-0.1, -0.05) is 13.1 Å². The quantitative estimate of drug-likeness (QED) is 0.683. The van der Waals surface area contributed by atoms with E-state index in [4.69, 9.17) is 4.74 Å². The first-order valence-electron chi connectivity index (χ1n) is 5.50. The van der Waals surface area contributed by atoms with Gasteiger partial charge in [-0.2, -0.15) is 13.2 Å². The molecule has 1 aliphatic rings. The molecule has 0 bridgehead atoms. The van der Waals surface area contributed by atoms with Gasteiger partial charge in [-0.25, -0.2) is 0 Å². The lowest BCUT2D eigenvalue weighted by Crippen LogP contribution is -2.45. The van der Waals surface area contributed by atoms with Crippen LogP contribution in [0.5, 0.6) is 0 Å². The van der Waals surface area contributed by atoms with Crippen molar-refractivity contribution in [3.8, 4) is 0 Å². The molecule has 1 atom stereocenters. The molecule has 0 spiro atoms. The molecule has 1 heterocycles. The minimum Gasteiger partial charge on any atom is -0.382 e. The lowest BCUT2D eigenvalue weighted by Gasteiger charge is -2.35. The Hall–Kier alpha value is -0.0331. The fourth-order valence-electron chi connectivity index (χ4n) is 1.98. The van der Waals surface area contributed by atoms with Gasteiger partial charge in [0.1, 0.15) is 0 Å². The molecular formula is C10H19F3OSi. The second kappa shape index (κ2) is 4.87. The first-order chi connectivity index (χ1) is 6.81. The van der Waals surface area contributed by atoms with Crippen LogP contribution in [0.15, 0.2) is 0 Å². The van der Waals surface area contributed by atoms with Crippen LogP contribution in [0, 0.1) is 0 Å². The third-order valence-electron chi connectivity index (χ3n) is 3.10. The second-order valence-corrected chi connectivity index (χ2v) is 10.1. The van der Waals surface area contributed by atoms with Gasteiger partial charge in [0.25, 0.3) is 0 Å². The molecule has 90 valence electrons. The van der Waals surface area contributed by atoms with Crippen LogP contribution in [0.25, 0.3) is 0 Å². The summed E-state index contributed by atoms with van der Waals surface area (Å²) in [5.74, 6) is 0. The van der Waals surface area contributed by atoms with E-state index < -0.39 is 20.7 Å². The Morgan fingerprint density at radius 2 is 1.93 bits per heavy atom. The molecule has 15 heavy (non-hydrogen) atoms. The molecule has 1 fully saturated rings. The van der Waals surface area contributed by atoms with Crippen molar-refractivity contribution in [2.45, 2.75) is 56.7 Å². The van der Waals surface area contributed by atoms with Crippen molar-refractivity contribution >= 4 is 8.07 Å². The van der Waals surface area contributed by atoms with E-state index in [-0.39, 0.29) is 5.73 Å². The van der Waals surface area contributed by atoms with Gasteiger partial charge in [-0.15, -0.1) is 0 Å². The van der Waals surface area contributed by atoms with Crippen LogP contribution < -0.4 is 0 Å². The maximum Gasteiger partial charge on any atom is 0.388 e. The highest BCUT2D eigenvalue weighted by molar-refractivity contribution is 6.78. The van der Waals surface area contributed by atoms with Gasteiger partial charge in [0, 0.05) is 18.8 Å². The molecule has 0 aromatic rings. The van der Waals surface area contributed by atoms with Gasteiger partial charge >= 0.3 is 6.18 Å². The maximum absolute atomic E-state index is 12.1. The molecule has 0 saturated carbocycles. The number of alkyl halides is 3. The number of rotatable bonds is 3. The van der Waals surface area contributed by atoms with Crippen molar-refractivity contribution in [2.24, 2.45) is 0 Å². The SMILES string of the molecule is C[Si](C)(CCC(F)(F)F)C1CCCCO1. The molecule has 0 aliphatic carbocycles. The Bertz CT molecular complexity index is 197. The molecule has 1 rings (SSSR count). The molecule has 0 aromatic carbocycles. The van der Waals surface area contributed by atoms with Crippen molar-refractivity contribution in [3.63, 3.8) is 0 Å². The van der Waals surface area contributed by atoms with Crippen LogP contribution in [0.4, 0.5) is 13.2 Å². The van der Waals surface area contributed by atoms with E-state index in [2.05, 4.69) is 0 Å². The maximum atomic E-state index is 12.1. The Morgan fingerprint density at radius 3 is 2.40 bits per heavy atom. The van der Waals surface area contributed by atoms with Crippen molar-refractivity contribution in [2.75, 3.05) is 6.61 Å². The lowest BCUT2D eigenvalue weighted by atomic mass is 10.2. The summed E-state index contributed by atoms with van der Waals surface area (Å²) in [5, 5.41) is 0. The lowest BCUT2D eigenvalue weighted by molar-refractivity contribution is -0.131. The molecule has 0 radical (unpaired) electrons. The minimum absolute atomic E-state index is 0.133. The molecule has 0 aromatic heterocycles. The molecule has 0 amide bonds. The largest absolute Gasteiger partial charge is 0.388 e. The van der Waals surface area contributed by atoms with E-state index in [1.54, 1.807) is 0 Å². The van der Waals surface area contributed by atoms with Crippen molar-refractivity contribution in [3.05, 3.63) is 0 Å². The van der Waals surface area contributed by atoms with Crippen LogP contribution in [0.3, 0.4) is 0 Å². The highest BCUT2D eigenvalue weighted by atomic mass is 28.3. The second-order valence-electron chi connectivity index (χ2n) is 4.96. The molecule has 1 aliphatic heterocycles. The monoisotopic (exact) mass is 240 g/mol. The number of ether oxygens (including phenoxy) is 1. The highest BCUT2D eigenvalue weighted by Crippen LogP contribution is 2.31. The Kier molecular flexibility index (Phi) is 4.23. The van der Waals surface area contributed by atoms with E-state index in [1.807, 2.05) is 13.1 Å². The number of hydrogen-bond acceptors (Lipinski definition) is 1. The topological polar surface area (TPSA) is 9.23 Å². The summed E-state index contributed by atoms with van der Waals surface area (Å²) in [4.78, 5) is 0. The van der Waals surface area contributed by atoms with Crippen molar-refractivity contribution in [1.29, 1.82) is 0 Å². The third-order valence-corrected chi connectivity index (χ3v) is 6.84. The van der Waals surface area contributed by atoms with E-state index >= 15 is 0 Å². The summed E-state index contributed by atoms with van der Waals surface area (Å²) in [6.45, 7) is 4.75. The first kappa shape index (κ1) is 13.0. The fourth-order valence-corrected chi connectivity index (χ4v) is 4.79. The predicted molar refractivity (Wildman–Crippen MR) is 56.6 cm³/mol. The molecule has 0 N–H and O–H groups in total. The Balaban J connectivity index is 2.42. The average molecular weight is 240 g/mol. The molecule has 5 heteroatoms. The van der Waals surface area contributed by atoms with Crippen LogP contribution >= 0.6 is 0 Å². The normalized spacial score (nSPS) is 24.2. The van der Waals surface area contributed by atoms with Crippen molar-refractivity contribution < 1.29 is 17.9 Å². The molecule has 1 saturated heterocycles. The zero-order chi connectivity index (χ0) is 11.5. The summed E-state index contributed by atoms with van der Waals surface area (Å²) in [6, 6.07) is 0.293. The third kappa shape index (κ3) is 4.55. The van der Waals surface area contributed by atoms with E-state index in [0.717, 1.165) is 25.9 Å². The zero-order valence-electron chi connectivity index (χ0n) is 9.36. The first-order valence-corrected chi connectivity index (χ1v) is 8.78. The standard InChI is InChI=1S/C10H19F3OSi/c1-15(2,8-6-10(11,12)13)9-5-3-4-7-14-9/h9H,3-8H2,1-2H3. The summed E-state index contributed by atoms with van der Waals surface area (Å²) in [5.41, 5.74) is 0.133. The fraction of sp³-hybridized carbons (Fsp3) is 1.00. The molecule has 1 unspecified atom stereocenters. The van der Waals surface area contributed by atoms with Gasteiger partial charge in [-0.05, 0) is 25.3 Å². The number of hydrogen-bond donors (Lipinski definition) is 0. The van der Waals surface area contributed by atoms with Gasteiger partial charge in [0.05, 0.1) is 8.07 Å². The van der Waals surface area contributed by atoms with E-state index in [9.17, 15) is 13.2 Å². The Labute approximate surface area is 90.0 Å². The number of halogens is 3. The molecule has 1 nitrogen and oxygen atoms in total. The van der Waals surface area contributed by atoms with E-state index in [0.29, 0.717) is 6.04 Å². The summed E-state index contributed by atoms with van der Waals surface area (Å²) >= 11 is 0. The van der Waals surface area contributed by atoms with Gasteiger partial charge in [-0.3, -0.25) is 0 Å². The zero-order valence-corrected chi connectivity index (χ0v) is 10.4. The highest BCUT2D eigenvalue weighted by Gasteiger charge is 2.38. The van der Waals surface area contributed by atoms with Crippen LogP contribution in [-0.2, 0) is 4.74 Å². The molecular weight excluding hydrogens is 221 g/mol. The minimum atomic E-state index is -4.01. The van der Waals surface area contributed by atoms with Gasteiger partial charge < -0.3 is 4.74 Å². The van der Waals surface area contributed by atoms with Crippen LogP contribution in [-0.4, -0.2) is 26.6 Å². The summed E-state index contributed by atoms with van der Waals surface area (Å²) in [6.07, 6.45) is -1.55. The van der Waals surface area contributed by atoms with Crippen LogP contribution in [0.1, 0.15) is 25.7 Å². The van der Waals surface area contributed by atoms with Gasteiger partial charge in [0.15, 0.2) is 0 Å². The average Bonchev–Trinajstić information content (AvgIpc) is 2.16. The van der Waals surface area contributed by atoms with Gasteiger partial charge in [0.2, 0.25) is 0 Å². The smallest absolute Gasteiger partial charge is 0.382 e. The summed E-state index contributed by atoms with van der Waals surface area (Å²) < 4.78 is 42.0. The van der Waals surface area contributed by atoms with E-state index in [1.165, 1.54) is 0 Å². The van der Waals surface area contributed by atoms with Crippen LogP contribution in [0.2, 0.25) is 19.1 Å². The van der Waals surface area contributed by atoms with Crippen molar-refractivity contribution in [1.82, 2.24) is 0 Å². The predicted octanol–water partition coefficient (Wildman–Crippen LogP) is 3.76.